The number of H-pyrrole nitrogens is 2. The van der Waals surface area contributed by atoms with Crippen molar-refractivity contribution in [3.05, 3.63) is 33.2 Å². The Morgan fingerprint density at radius 1 is 1.48 bits per heavy atom. The molecule has 11 nitrogen and oxygen atoms in total. The molecule has 27 heavy (non-hydrogen) atoms. The van der Waals surface area contributed by atoms with Gasteiger partial charge in [-0.1, -0.05) is 0 Å². The van der Waals surface area contributed by atoms with Crippen LogP contribution in [-0.4, -0.2) is 54.3 Å². The molecule has 3 heterocycles. The summed E-state index contributed by atoms with van der Waals surface area (Å²) < 4.78 is 1.54. The van der Waals surface area contributed by atoms with E-state index in [1.54, 1.807) is 24.2 Å². The van der Waals surface area contributed by atoms with Gasteiger partial charge in [-0.05, 0) is 18.9 Å². The molecular weight excluding hydrogens is 350 g/mol. The standard InChI is InChI=1S/C16H17N9O2/c1-24(6-2-5-17)14-21-12-9(7-11-13(26)22-16(27)20-11)8-18-25(12)15(23-14)19-10-3-4-10/h7-8,10,26H,2-4,6H2,1H3,(H2,20,22,27)/b9-7+,19-15?. The van der Waals surface area contributed by atoms with Gasteiger partial charge in [0, 0.05) is 18.8 Å². The number of aromatic hydroxyl groups is 1. The first-order valence-electron chi connectivity index (χ1n) is 8.46. The predicted molar refractivity (Wildman–Crippen MR) is 94.7 cm³/mol. The smallest absolute Gasteiger partial charge is 0.326 e. The number of imidazole rings is 1. The molecule has 0 unspecified atom stereocenters. The van der Waals surface area contributed by atoms with Crippen molar-refractivity contribution < 1.29 is 5.11 Å². The Morgan fingerprint density at radius 3 is 2.96 bits per heavy atom. The molecule has 3 N–H and O–H groups in total. The summed E-state index contributed by atoms with van der Waals surface area (Å²) in [6.07, 6.45) is 5.52. The third-order valence-corrected chi connectivity index (χ3v) is 4.15. The van der Waals surface area contributed by atoms with Crippen LogP contribution in [0.3, 0.4) is 0 Å². The Morgan fingerprint density at radius 2 is 2.30 bits per heavy atom. The molecule has 3 aromatic rings. The molecular formula is C16H17N9O2. The number of hydrogen-bond acceptors (Lipinski definition) is 8. The summed E-state index contributed by atoms with van der Waals surface area (Å²) in [6, 6.07) is 2.34. The highest BCUT2D eigenvalue weighted by Gasteiger charge is 2.21. The van der Waals surface area contributed by atoms with E-state index >= 15 is 0 Å². The fraction of sp³-hybridized carbons (Fsp3) is 0.375. The van der Waals surface area contributed by atoms with E-state index in [9.17, 15) is 9.90 Å². The van der Waals surface area contributed by atoms with E-state index in [2.05, 4.69) is 36.1 Å². The topological polar surface area (TPSA) is 151 Å². The largest absolute Gasteiger partial charge is 0.493 e. The van der Waals surface area contributed by atoms with Gasteiger partial charge in [-0.25, -0.2) is 9.79 Å². The van der Waals surface area contributed by atoms with Crippen molar-refractivity contribution in [3.8, 4) is 11.9 Å². The summed E-state index contributed by atoms with van der Waals surface area (Å²) in [5.74, 6) is 0.168. The van der Waals surface area contributed by atoms with Crippen LogP contribution in [0.25, 0.3) is 11.7 Å². The summed E-state index contributed by atoms with van der Waals surface area (Å²) in [7, 11) is 1.80. The number of rotatable bonds is 5. The van der Waals surface area contributed by atoms with Crippen LogP contribution in [0.4, 0.5) is 5.95 Å². The first-order valence-corrected chi connectivity index (χ1v) is 8.46. The normalized spacial score (nSPS) is 15.4. The Hall–Kier alpha value is -3.68. The molecule has 1 aliphatic rings. The highest BCUT2D eigenvalue weighted by molar-refractivity contribution is 5.57. The molecule has 0 atom stereocenters. The van der Waals surface area contributed by atoms with E-state index in [0.717, 1.165) is 12.8 Å². The SMILES string of the molecule is CN(CCC#N)c1nc(=NC2CC2)n2nc/c(=C\c3[nH]c(=O)[nH]c3O)c2n1. The molecule has 0 amide bonds. The minimum Gasteiger partial charge on any atom is -0.493 e. The molecule has 0 aromatic carbocycles. The molecule has 1 aliphatic carbocycles. The fourth-order valence-corrected chi connectivity index (χ4v) is 2.56. The van der Waals surface area contributed by atoms with Crippen molar-refractivity contribution in [1.82, 2.24) is 29.5 Å². The maximum absolute atomic E-state index is 11.3. The molecule has 0 saturated heterocycles. The van der Waals surface area contributed by atoms with Crippen LogP contribution in [0.15, 0.2) is 16.0 Å². The lowest BCUT2D eigenvalue weighted by atomic mass is 10.3. The third-order valence-electron chi connectivity index (χ3n) is 4.15. The number of anilines is 1. The lowest BCUT2D eigenvalue weighted by Crippen LogP contribution is -2.29. The Labute approximate surface area is 152 Å². The van der Waals surface area contributed by atoms with Crippen LogP contribution in [0.1, 0.15) is 25.0 Å². The van der Waals surface area contributed by atoms with Gasteiger partial charge in [0.25, 0.3) is 5.62 Å². The van der Waals surface area contributed by atoms with Crippen LogP contribution in [0.5, 0.6) is 5.88 Å². The number of fused-ring (bicyclic) bond motifs is 1. The highest BCUT2D eigenvalue weighted by atomic mass is 16.3. The number of nitrogens with one attached hydrogen (secondary N) is 2. The zero-order valence-electron chi connectivity index (χ0n) is 14.5. The highest BCUT2D eigenvalue weighted by Crippen LogP contribution is 2.22. The second-order valence-corrected chi connectivity index (χ2v) is 6.33. The van der Waals surface area contributed by atoms with Crippen LogP contribution in [0.2, 0.25) is 0 Å². The summed E-state index contributed by atoms with van der Waals surface area (Å²) in [4.78, 5) is 31.5. The van der Waals surface area contributed by atoms with Gasteiger partial charge in [0.15, 0.2) is 5.65 Å². The van der Waals surface area contributed by atoms with Crippen LogP contribution in [0, 0.1) is 11.3 Å². The number of aromatic nitrogens is 6. The minimum atomic E-state index is -0.508. The number of nitriles is 1. The van der Waals surface area contributed by atoms with Crippen LogP contribution < -0.4 is 21.4 Å². The maximum atomic E-state index is 11.3. The van der Waals surface area contributed by atoms with Crippen molar-refractivity contribution in [1.29, 1.82) is 5.26 Å². The third kappa shape index (κ3) is 3.37. The van der Waals surface area contributed by atoms with Gasteiger partial charge in [-0.2, -0.15) is 24.8 Å². The van der Waals surface area contributed by atoms with E-state index in [-0.39, 0.29) is 17.6 Å². The van der Waals surface area contributed by atoms with Gasteiger partial charge >= 0.3 is 5.69 Å². The molecule has 138 valence electrons. The Kier molecular flexibility index (Phi) is 4.08. The monoisotopic (exact) mass is 367 g/mol. The van der Waals surface area contributed by atoms with E-state index in [1.165, 1.54) is 4.52 Å². The van der Waals surface area contributed by atoms with Gasteiger partial charge < -0.3 is 15.0 Å². The molecule has 3 aromatic heterocycles. The number of hydrogen-bond donors (Lipinski definition) is 3. The van der Waals surface area contributed by atoms with Crippen LogP contribution in [-0.2, 0) is 0 Å². The van der Waals surface area contributed by atoms with E-state index in [4.69, 9.17) is 5.26 Å². The summed E-state index contributed by atoms with van der Waals surface area (Å²) in [6.45, 7) is 0.481. The summed E-state index contributed by atoms with van der Waals surface area (Å²) in [5.41, 5.74) is 0.650. The molecule has 11 heteroatoms. The Bertz CT molecular complexity index is 1210. The second-order valence-electron chi connectivity index (χ2n) is 6.33. The van der Waals surface area contributed by atoms with E-state index in [0.29, 0.717) is 35.4 Å². The maximum Gasteiger partial charge on any atom is 0.326 e. The fourth-order valence-electron chi connectivity index (χ4n) is 2.56. The van der Waals surface area contributed by atoms with Gasteiger partial charge in [0.05, 0.1) is 24.7 Å². The van der Waals surface area contributed by atoms with E-state index in [1.807, 2.05) is 0 Å². The van der Waals surface area contributed by atoms with E-state index < -0.39 is 5.69 Å². The predicted octanol–water partition coefficient (Wildman–Crippen LogP) is -1.19. The quantitative estimate of drug-likeness (QED) is 0.512. The van der Waals surface area contributed by atoms with Crippen molar-refractivity contribution in [2.24, 2.45) is 4.99 Å². The van der Waals surface area contributed by atoms with Gasteiger partial charge in [0.2, 0.25) is 11.8 Å². The minimum absolute atomic E-state index is 0.230. The number of nitrogens with zero attached hydrogens (tertiary/aromatic N) is 7. The van der Waals surface area contributed by atoms with Crippen molar-refractivity contribution in [3.63, 3.8) is 0 Å². The zero-order valence-corrected chi connectivity index (χ0v) is 14.5. The van der Waals surface area contributed by atoms with Crippen molar-refractivity contribution in [2.75, 3.05) is 18.5 Å². The van der Waals surface area contributed by atoms with Gasteiger partial charge in [0.1, 0.15) is 5.69 Å². The number of aromatic amines is 2. The lowest BCUT2D eigenvalue weighted by Gasteiger charge is -2.14. The van der Waals surface area contributed by atoms with Crippen molar-refractivity contribution >= 4 is 17.7 Å². The average molecular weight is 367 g/mol. The van der Waals surface area contributed by atoms with Crippen molar-refractivity contribution in [2.45, 2.75) is 25.3 Å². The van der Waals surface area contributed by atoms with Gasteiger partial charge in [-0.3, -0.25) is 4.98 Å². The molecule has 0 bridgehead atoms. The lowest BCUT2D eigenvalue weighted by molar-refractivity contribution is 0.454. The molecule has 4 rings (SSSR count). The second kappa shape index (κ2) is 6.56. The first-order chi connectivity index (χ1) is 13.0. The van der Waals surface area contributed by atoms with Gasteiger partial charge in [-0.15, -0.1) is 0 Å². The average Bonchev–Trinajstić information content (AvgIpc) is 3.28. The molecule has 0 aliphatic heterocycles. The molecule has 1 fully saturated rings. The summed E-state index contributed by atoms with van der Waals surface area (Å²) >= 11 is 0. The zero-order chi connectivity index (χ0) is 19.0. The Balaban J connectivity index is 1.90. The summed E-state index contributed by atoms with van der Waals surface area (Å²) in [5, 5.41) is 23.5. The molecule has 0 spiro atoms. The molecule has 0 radical (unpaired) electrons. The molecule has 1 saturated carbocycles. The first kappa shape index (κ1) is 16.8. The van der Waals surface area contributed by atoms with Crippen LogP contribution >= 0.6 is 0 Å².